The van der Waals surface area contributed by atoms with Gasteiger partial charge in [0.25, 0.3) is 0 Å². The molecule has 0 saturated carbocycles. The molecule has 1 aromatic heterocycles. The lowest BCUT2D eigenvalue weighted by Gasteiger charge is -2.27. The summed E-state index contributed by atoms with van der Waals surface area (Å²) in [5.41, 5.74) is 6.40. The van der Waals surface area contributed by atoms with Crippen LogP contribution < -0.4 is 10.7 Å². The molecule has 1 aliphatic rings. The lowest BCUT2D eigenvalue weighted by atomic mass is 10.1. The van der Waals surface area contributed by atoms with Crippen molar-refractivity contribution in [1.29, 1.82) is 0 Å². The molecule has 26 heavy (non-hydrogen) atoms. The maximum absolute atomic E-state index is 5.64. The van der Waals surface area contributed by atoms with Gasteiger partial charge < -0.3 is 9.73 Å². The van der Waals surface area contributed by atoms with Gasteiger partial charge in [-0.15, -0.1) is 0 Å². The number of anilines is 1. The van der Waals surface area contributed by atoms with Crippen molar-refractivity contribution in [3.63, 3.8) is 0 Å². The standard InChI is InChI=1S/C20H16BrN3OS/c21-15-10-8-14(9-11-15)17-13-18(19-7-4-12-25-19)24(23-17)20(26)22-16-5-2-1-3-6-16/h1-13,18,23H,(H,22,26)/t18-/m1/s1. The van der Waals surface area contributed by atoms with Gasteiger partial charge in [0, 0.05) is 10.2 Å². The average molecular weight is 426 g/mol. The number of nitrogens with zero attached hydrogens (tertiary/aromatic N) is 1. The third kappa shape index (κ3) is 3.52. The Hall–Kier alpha value is -2.57. The molecule has 2 heterocycles. The highest BCUT2D eigenvalue weighted by Crippen LogP contribution is 2.32. The number of halogens is 1. The number of rotatable bonds is 3. The molecular weight excluding hydrogens is 410 g/mol. The highest BCUT2D eigenvalue weighted by Gasteiger charge is 2.30. The first-order valence-corrected chi connectivity index (χ1v) is 9.34. The maximum atomic E-state index is 5.64. The van der Waals surface area contributed by atoms with E-state index in [1.54, 1.807) is 6.26 Å². The van der Waals surface area contributed by atoms with Crippen LogP contribution in [0.1, 0.15) is 17.4 Å². The predicted molar refractivity (Wildman–Crippen MR) is 111 cm³/mol. The second-order valence-corrected chi connectivity index (χ2v) is 7.13. The molecule has 0 aliphatic carbocycles. The van der Waals surface area contributed by atoms with E-state index in [-0.39, 0.29) is 6.04 Å². The molecule has 0 amide bonds. The topological polar surface area (TPSA) is 40.4 Å². The summed E-state index contributed by atoms with van der Waals surface area (Å²) in [6, 6.07) is 21.7. The molecule has 0 radical (unpaired) electrons. The van der Waals surface area contributed by atoms with E-state index >= 15 is 0 Å². The molecule has 0 saturated heterocycles. The van der Waals surface area contributed by atoms with Gasteiger partial charge in [-0.1, -0.05) is 46.3 Å². The molecule has 0 unspecified atom stereocenters. The van der Waals surface area contributed by atoms with E-state index in [9.17, 15) is 0 Å². The Morgan fingerprint density at radius 3 is 2.50 bits per heavy atom. The van der Waals surface area contributed by atoms with Gasteiger partial charge in [-0.25, -0.2) is 5.01 Å². The van der Waals surface area contributed by atoms with E-state index in [4.69, 9.17) is 16.6 Å². The highest BCUT2D eigenvalue weighted by atomic mass is 79.9. The van der Waals surface area contributed by atoms with E-state index in [0.717, 1.165) is 27.2 Å². The number of furan rings is 1. The smallest absolute Gasteiger partial charge is 0.193 e. The number of para-hydroxylation sites is 1. The van der Waals surface area contributed by atoms with Gasteiger partial charge in [-0.3, -0.25) is 5.43 Å². The molecule has 3 aromatic rings. The van der Waals surface area contributed by atoms with Crippen LogP contribution >= 0.6 is 28.1 Å². The zero-order chi connectivity index (χ0) is 17.9. The monoisotopic (exact) mass is 425 g/mol. The van der Waals surface area contributed by atoms with Crippen LogP contribution in [0.5, 0.6) is 0 Å². The molecule has 4 rings (SSSR count). The van der Waals surface area contributed by atoms with Gasteiger partial charge in [0.2, 0.25) is 0 Å². The fourth-order valence-corrected chi connectivity index (χ4v) is 3.35. The van der Waals surface area contributed by atoms with Crippen LogP contribution in [0.3, 0.4) is 0 Å². The fourth-order valence-electron chi connectivity index (χ4n) is 2.81. The summed E-state index contributed by atoms with van der Waals surface area (Å²) >= 11 is 9.11. The minimum absolute atomic E-state index is 0.132. The Bertz CT molecular complexity index is 923. The van der Waals surface area contributed by atoms with E-state index in [1.807, 2.05) is 59.6 Å². The second-order valence-electron chi connectivity index (χ2n) is 5.83. The number of thiocarbonyl (C=S) groups is 1. The fraction of sp³-hybridized carbons (Fsp3) is 0.0500. The molecule has 0 spiro atoms. The molecule has 130 valence electrons. The lowest BCUT2D eigenvalue weighted by Crippen LogP contribution is -2.42. The first kappa shape index (κ1) is 16.9. The summed E-state index contributed by atoms with van der Waals surface area (Å²) in [4.78, 5) is 0. The van der Waals surface area contributed by atoms with Crippen molar-refractivity contribution in [3.8, 4) is 0 Å². The maximum Gasteiger partial charge on any atom is 0.193 e. The first-order chi connectivity index (χ1) is 12.7. The predicted octanol–water partition coefficient (Wildman–Crippen LogP) is 5.34. The number of benzene rings is 2. The summed E-state index contributed by atoms with van der Waals surface area (Å²) in [6.45, 7) is 0. The van der Waals surface area contributed by atoms with Crippen molar-refractivity contribution in [1.82, 2.24) is 10.4 Å². The minimum atomic E-state index is -0.132. The van der Waals surface area contributed by atoms with Crippen molar-refractivity contribution >= 4 is 44.6 Å². The zero-order valence-electron chi connectivity index (χ0n) is 13.7. The summed E-state index contributed by atoms with van der Waals surface area (Å²) in [5.74, 6) is 0.821. The Balaban J connectivity index is 1.61. The van der Waals surface area contributed by atoms with Crippen LogP contribution in [0.2, 0.25) is 0 Å². The third-order valence-corrected chi connectivity index (χ3v) is 4.90. The Morgan fingerprint density at radius 2 is 1.81 bits per heavy atom. The first-order valence-electron chi connectivity index (χ1n) is 8.14. The molecule has 2 aromatic carbocycles. The summed E-state index contributed by atoms with van der Waals surface area (Å²) in [7, 11) is 0. The molecule has 0 bridgehead atoms. The molecule has 1 atom stereocenters. The Morgan fingerprint density at radius 1 is 1.04 bits per heavy atom. The normalized spacial score (nSPS) is 16.1. The molecular formula is C20H16BrN3OS. The second kappa shape index (κ2) is 7.35. The zero-order valence-corrected chi connectivity index (χ0v) is 16.1. The van der Waals surface area contributed by atoms with Crippen LogP contribution in [0, 0.1) is 0 Å². The van der Waals surface area contributed by atoms with Crippen molar-refractivity contribution in [2.45, 2.75) is 6.04 Å². The van der Waals surface area contributed by atoms with Crippen LogP contribution in [0.15, 0.2) is 88.0 Å². The van der Waals surface area contributed by atoms with Crippen LogP contribution in [0.25, 0.3) is 5.70 Å². The van der Waals surface area contributed by atoms with Gasteiger partial charge >= 0.3 is 0 Å². The Kier molecular flexibility index (Phi) is 4.77. The minimum Gasteiger partial charge on any atom is -0.467 e. The van der Waals surface area contributed by atoms with E-state index < -0.39 is 0 Å². The summed E-state index contributed by atoms with van der Waals surface area (Å²) in [6.07, 6.45) is 3.79. The van der Waals surface area contributed by atoms with Gasteiger partial charge in [-0.05, 0) is 60.3 Å². The van der Waals surface area contributed by atoms with Crippen LogP contribution in [-0.4, -0.2) is 10.1 Å². The van der Waals surface area contributed by atoms with Crippen molar-refractivity contribution in [2.75, 3.05) is 5.32 Å². The average Bonchev–Trinajstić information content (AvgIpc) is 3.33. The number of hydrogen-bond acceptors (Lipinski definition) is 3. The van der Waals surface area contributed by atoms with Gasteiger partial charge in [0.05, 0.1) is 12.0 Å². The highest BCUT2D eigenvalue weighted by molar-refractivity contribution is 9.10. The van der Waals surface area contributed by atoms with Crippen molar-refractivity contribution in [2.24, 2.45) is 0 Å². The number of nitrogens with one attached hydrogen (secondary N) is 2. The van der Waals surface area contributed by atoms with Gasteiger partial charge in [0.1, 0.15) is 11.8 Å². The van der Waals surface area contributed by atoms with Gasteiger partial charge in [0.15, 0.2) is 5.11 Å². The van der Waals surface area contributed by atoms with E-state index in [1.165, 1.54) is 0 Å². The molecule has 1 aliphatic heterocycles. The number of hydrogen-bond donors (Lipinski definition) is 2. The largest absolute Gasteiger partial charge is 0.467 e. The lowest BCUT2D eigenvalue weighted by molar-refractivity contribution is 0.306. The van der Waals surface area contributed by atoms with Gasteiger partial charge in [-0.2, -0.15) is 0 Å². The third-order valence-electron chi connectivity index (χ3n) is 4.08. The van der Waals surface area contributed by atoms with E-state index in [0.29, 0.717) is 5.11 Å². The summed E-state index contributed by atoms with van der Waals surface area (Å²) < 4.78 is 6.67. The van der Waals surface area contributed by atoms with Crippen molar-refractivity contribution < 1.29 is 4.42 Å². The molecule has 0 fully saturated rings. The molecule has 6 heteroatoms. The van der Waals surface area contributed by atoms with E-state index in [2.05, 4.69) is 44.9 Å². The number of hydrazine groups is 1. The van der Waals surface area contributed by atoms with Crippen molar-refractivity contribution in [3.05, 3.63) is 94.9 Å². The summed E-state index contributed by atoms with van der Waals surface area (Å²) in [5, 5.41) is 5.74. The van der Waals surface area contributed by atoms with Crippen LogP contribution in [-0.2, 0) is 0 Å². The SMILES string of the molecule is S=C(Nc1ccccc1)N1NC(c2ccc(Br)cc2)=C[C@@H]1c1ccco1. The molecule has 4 nitrogen and oxygen atoms in total. The Labute approximate surface area is 165 Å². The quantitative estimate of drug-likeness (QED) is 0.554. The van der Waals surface area contributed by atoms with Crippen LogP contribution in [0.4, 0.5) is 5.69 Å². The molecule has 2 N–H and O–H groups in total.